The first-order chi connectivity index (χ1) is 7.19. The Morgan fingerprint density at radius 2 is 2.07 bits per heavy atom. The lowest BCUT2D eigenvalue weighted by Crippen LogP contribution is -2.19. The molecule has 0 aliphatic heterocycles. The maximum absolute atomic E-state index is 5.26. The largest absolute Gasteiger partial charge is 0.345 e. The summed E-state index contributed by atoms with van der Waals surface area (Å²) in [5.41, 5.74) is 2.24. The summed E-state index contributed by atoms with van der Waals surface area (Å²) < 4.78 is 1.08. The van der Waals surface area contributed by atoms with Gasteiger partial charge < -0.3 is 4.90 Å². The zero-order valence-electron chi connectivity index (χ0n) is 9.00. The Balaban J connectivity index is 2.98. The predicted molar refractivity (Wildman–Crippen MR) is 69.8 cm³/mol. The number of hydrogen-bond donors (Lipinski definition) is 0. The van der Waals surface area contributed by atoms with E-state index >= 15 is 0 Å². The van der Waals surface area contributed by atoms with E-state index in [4.69, 9.17) is 6.42 Å². The smallest absolute Gasteiger partial charge is 0.0409 e. The second kappa shape index (κ2) is 5.63. The van der Waals surface area contributed by atoms with Gasteiger partial charge in [-0.1, -0.05) is 21.9 Å². The SMILES string of the molecule is C#C/C=C(/C)N(CC)c1ccc(Br)cc1. The standard InChI is InChI=1S/C13H14BrN/c1-4-6-11(3)15(5-2)13-9-7-12(14)8-10-13/h1,6-10H,5H2,2-3H3/b11-6-. The van der Waals surface area contributed by atoms with Gasteiger partial charge in [0.15, 0.2) is 0 Å². The molecule has 0 amide bonds. The van der Waals surface area contributed by atoms with Crippen molar-refractivity contribution < 1.29 is 0 Å². The molecule has 0 fully saturated rings. The van der Waals surface area contributed by atoms with Crippen molar-refractivity contribution in [1.82, 2.24) is 0 Å². The van der Waals surface area contributed by atoms with Crippen molar-refractivity contribution in [2.75, 3.05) is 11.4 Å². The monoisotopic (exact) mass is 263 g/mol. The first kappa shape index (κ1) is 11.9. The van der Waals surface area contributed by atoms with Gasteiger partial charge in [-0.05, 0) is 38.1 Å². The van der Waals surface area contributed by atoms with E-state index in [1.54, 1.807) is 6.08 Å². The minimum atomic E-state index is 0.908. The molecule has 0 atom stereocenters. The van der Waals surface area contributed by atoms with Crippen LogP contribution < -0.4 is 4.90 Å². The van der Waals surface area contributed by atoms with E-state index in [0.29, 0.717) is 0 Å². The summed E-state index contributed by atoms with van der Waals surface area (Å²) in [5.74, 6) is 2.55. The van der Waals surface area contributed by atoms with Crippen molar-refractivity contribution in [3.63, 3.8) is 0 Å². The highest BCUT2D eigenvalue weighted by Crippen LogP contribution is 2.21. The first-order valence-electron chi connectivity index (χ1n) is 4.85. The summed E-state index contributed by atoms with van der Waals surface area (Å²) >= 11 is 3.42. The molecule has 0 saturated heterocycles. The molecule has 0 saturated carbocycles. The second-order valence-corrected chi connectivity index (χ2v) is 4.09. The molecule has 78 valence electrons. The van der Waals surface area contributed by atoms with Gasteiger partial charge in [-0.15, -0.1) is 6.42 Å². The minimum Gasteiger partial charge on any atom is -0.345 e. The molecular formula is C13H14BrN. The van der Waals surface area contributed by atoms with E-state index in [9.17, 15) is 0 Å². The van der Waals surface area contributed by atoms with Crippen LogP contribution in [0.3, 0.4) is 0 Å². The molecule has 1 aromatic carbocycles. The Labute approximate surface area is 99.9 Å². The van der Waals surface area contributed by atoms with Crippen LogP contribution in [-0.4, -0.2) is 6.54 Å². The van der Waals surface area contributed by atoms with Crippen LogP contribution in [0.1, 0.15) is 13.8 Å². The fourth-order valence-electron chi connectivity index (χ4n) is 1.46. The van der Waals surface area contributed by atoms with Crippen molar-refractivity contribution >= 4 is 21.6 Å². The van der Waals surface area contributed by atoms with Gasteiger partial charge in [0.25, 0.3) is 0 Å². The molecular weight excluding hydrogens is 250 g/mol. The van der Waals surface area contributed by atoms with E-state index < -0.39 is 0 Å². The van der Waals surface area contributed by atoms with Crippen LogP contribution in [0.25, 0.3) is 0 Å². The van der Waals surface area contributed by atoms with Crippen molar-refractivity contribution in [2.24, 2.45) is 0 Å². The van der Waals surface area contributed by atoms with Gasteiger partial charge in [-0.3, -0.25) is 0 Å². The Morgan fingerprint density at radius 1 is 1.47 bits per heavy atom. The summed E-state index contributed by atoms with van der Waals surface area (Å²) in [6, 6.07) is 8.20. The van der Waals surface area contributed by atoms with Crippen molar-refractivity contribution in [3.05, 3.63) is 40.5 Å². The number of rotatable bonds is 3. The number of anilines is 1. The number of allylic oxidation sites excluding steroid dienone is 2. The van der Waals surface area contributed by atoms with Crippen LogP contribution in [0.15, 0.2) is 40.5 Å². The van der Waals surface area contributed by atoms with Gasteiger partial charge in [-0.2, -0.15) is 0 Å². The highest BCUT2D eigenvalue weighted by atomic mass is 79.9. The summed E-state index contributed by atoms with van der Waals surface area (Å²) in [5, 5.41) is 0. The maximum atomic E-state index is 5.26. The Bertz CT molecular complexity index is 384. The normalized spacial score (nSPS) is 10.9. The lowest BCUT2D eigenvalue weighted by molar-refractivity contribution is 0.954. The fraction of sp³-hybridized carbons (Fsp3) is 0.231. The van der Waals surface area contributed by atoms with Crippen molar-refractivity contribution in [2.45, 2.75) is 13.8 Å². The minimum absolute atomic E-state index is 0.908. The van der Waals surface area contributed by atoms with E-state index in [1.807, 2.05) is 19.1 Å². The molecule has 0 aliphatic rings. The number of halogens is 1. The summed E-state index contributed by atoms with van der Waals surface area (Å²) in [7, 11) is 0. The number of nitrogens with zero attached hydrogens (tertiary/aromatic N) is 1. The highest BCUT2D eigenvalue weighted by Gasteiger charge is 2.04. The molecule has 0 radical (unpaired) electrons. The summed E-state index contributed by atoms with van der Waals surface area (Å²) in [4.78, 5) is 2.17. The van der Waals surface area contributed by atoms with Gasteiger partial charge in [0.05, 0.1) is 0 Å². The van der Waals surface area contributed by atoms with Gasteiger partial charge in [-0.25, -0.2) is 0 Å². The van der Waals surface area contributed by atoms with Crippen LogP contribution in [0.5, 0.6) is 0 Å². The highest BCUT2D eigenvalue weighted by molar-refractivity contribution is 9.10. The van der Waals surface area contributed by atoms with Crippen LogP contribution >= 0.6 is 15.9 Å². The van der Waals surface area contributed by atoms with E-state index in [0.717, 1.165) is 22.4 Å². The molecule has 0 unspecified atom stereocenters. The van der Waals surface area contributed by atoms with Crippen LogP contribution in [-0.2, 0) is 0 Å². The quantitative estimate of drug-likeness (QED) is 0.750. The van der Waals surface area contributed by atoms with Crippen molar-refractivity contribution in [1.29, 1.82) is 0 Å². The molecule has 0 N–H and O–H groups in total. The molecule has 0 bridgehead atoms. The molecule has 2 heteroatoms. The zero-order valence-corrected chi connectivity index (χ0v) is 10.6. The van der Waals surface area contributed by atoms with Gasteiger partial charge in [0.2, 0.25) is 0 Å². The van der Waals surface area contributed by atoms with Gasteiger partial charge in [0, 0.05) is 28.5 Å². The number of hydrogen-bond acceptors (Lipinski definition) is 1. The Hall–Kier alpha value is -1.20. The molecule has 1 aromatic rings. The molecule has 0 heterocycles. The third-order valence-electron chi connectivity index (χ3n) is 2.17. The van der Waals surface area contributed by atoms with Crippen LogP contribution in [0.4, 0.5) is 5.69 Å². The Kier molecular flexibility index (Phi) is 4.45. The van der Waals surface area contributed by atoms with Crippen LogP contribution in [0.2, 0.25) is 0 Å². The van der Waals surface area contributed by atoms with Gasteiger partial charge in [0.1, 0.15) is 0 Å². The third kappa shape index (κ3) is 3.14. The molecule has 1 nitrogen and oxygen atoms in total. The fourth-order valence-corrected chi connectivity index (χ4v) is 1.72. The lowest BCUT2D eigenvalue weighted by atomic mass is 10.2. The molecule has 0 aliphatic carbocycles. The average Bonchev–Trinajstić information content (AvgIpc) is 2.22. The summed E-state index contributed by atoms with van der Waals surface area (Å²) in [6.45, 7) is 5.03. The summed E-state index contributed by atoms with van der Waals surface area (Å²) in [6.07, 6.45) is 7.05. The van der Waals surface area contributed by atoms with E-state index in [-0.39, 0.29) is 0 Å². The topological polar surface area (TPSA) is 3.24 Å². The van der Waals surface area contributed by atoms with Crippen molar-refractivity contribution in [3.8, 4) is 12.3 Å². The predicted octanol–water partition coefficient (Wildman–Crippen LogP) is 3.81. The Morgan fingerprint density at radius 3 is 2.53 bits per heavy atom. The number of benzene rings is 1. The first-order valence-corrected chi connectivity index (χ1v) is 5.64. The van der Waals surface area contributed by atoms with E-state index in [2.05, 4.69) is 45.8 Å². The second-order valence-electron chi connectivity index (χ2n) is 3.17. The van der Waals surface area contributed by atoms with E-state index in [1.165, 1.54) is 0 Å². The maximum Gasteiger partial charge on any atom is 0.0409 e. The molecule has 0 spiro atoms. The lowest BCUT2D eigenvalue weighted by Gasteiger charge is -2.23. The average molecular weight is 264 g/mol. The van der Waals surface area contributed by atoms with Crippen LogP contribution in [0, 0.1) is 12.3 Å². The third-order valence-corrected chi connectivity index (χ3v) is 2.70. The molecule has 0 aromatic heterocycles. The molecule has 1 rings (SSSR count). The van der Waals surface area contributed by atoms with Gasteiger partial charge >= 0.3 is 0 Å². The zero-order chi connectivity index (χ0) is 11.3. The molecule has 15 heavy (non-hydrogen) atoms. The number of terminal acetylenes is 1.